The molecule has 5 rings (SSSR count). The van der Waals surface area contributed by atoms with Crippen molar-refractivity contribution in [3.63, 3.8) is 0 Å². The molecule has 0 fully saturated rings. The number of hydrogen-bond donors (Lipinski definition) is 0. The first-order chi connectivity index (χ1) is 12.2. The molecule has 0 amide bonds. The van der Waals surface area contributed by atoms with Crippen molar-refractivity contribution in [1.29, 1.82) is 0 Å². The maximum atomic E-state index is 14.7. The van der Waals surface area contributed by atoms with E-state index in [1.165, 1.54) is 5.69 Å². The molecule has 3 heterocycles. The molecular weight excluding hydrogens is 357 g/mol. The third-order valence-electron chi connectivity index (χ3n) is 4.67. The summed E-state index contributed by atoms with van der Waals surface area (Å²) in [6.07, 6.45) is 2.02. The summed E-state index contributed by atoms with van der Waals surface area (Å²) < 4.78 is 17.8. The van der Waals surface area contributed by atoms with Crippen LogP contribution in [0.2, 0.25) is 5.02 Å². The van der Waals surface area contributed by atoms with Crippen LogP contribution in [-0.4, -0.2) is 14.8 Å². The third-order valence-corrected chi connectivity index (χ3v) is 5.75. The van der Waals surface area contributed by atoms with Gasteiger partial charge in [0.1, 0.15) is 5.69 Å². The molecule has 0 atom stereocenters. The van der Waals surface area contributed by atoms with Gasteiger partial charge in [-0.25, -0.2) is 9.37 Å². The summed E-state index contributed by atoms with van der Waals surface area (Å²) >= 11 is 7.61. The zero-order valence-corrected chi connectivity index (χ0v) is 14.7. The van der Waals surface area contributed by atoms with E-state index in [4.69, 9.17) is 16.7 Å². The van der Waals surface area contributed by atoms with Gasteiger partial charge in [0.25, 0.3) is 0 Å². The second-order valence-corrected chi connectivity index (χ2v) is 7.43. The molecule has 2 aromatic carbocycles. The van der Waals surface area contributed by atoms with E-state index in [9.17, 15) is 4.39 Å². The summed E-state index contributed by atoms with van der Waals surface area (Å²) in [5.74, 6) is -0.416. The van der Waals surface area contributed by atoms with Gasteiger partial charge in [0.2, 0.25) is 0 Å². The van der Waals surface area contributed by atoms with Crippen LogP contribution in [0.4, 0.5) is 4.39 Å². The van der Waals surface area contributed by atoms with Crippen molar-refractivity contribution in [1.82, 2.24) is 14.8 Å². The fraction of sp³-hybridized carbons (Fsp3) is 0.158. The fourth-order valence-corrected chi connectivity index (χ4v) is 4.41. The van der Waals surface area contributed by atoms with Crippen LogP contribution in [0, 0.1) is 5.82 Å². The second-order valence-electron chi connectivity index (χ2n) is 6.13. The van der Waals surface area contributed by atoms with Crippen LogP contribution >= 0.6 is 22.9 Å². The minimum absolute atomic E-state index is 0.120. The molecule has 0 spiro atoms. The molecule has 0 bridgehead atoms. The Kier molecular flexibility index (Phi) is 3.40. The Morgan fingerprint density at radius 1 is 1.20 bits per heavy atom. The standard InChI is InChI=1S/C19H13ClFN3S/c20-13-4-1-3-12(18(13)21)19-17(15-5-2-8-24(15)23-19)11-6-7-14-16(9-11)25-10-22-14/h1,3-4,6-7,9-10H,2,5,8H2. The monoisotopic (exact) mass is 369 g/mol. The summed E-state index contributed by atoms with van der Waals surface area (Å²) in [6, 6.07) is 11.3. The molecule has 0 saturated heterocycles. The summed E-state index contributed by atoms with van der Waals surface area (Å²) in [5, 5.41) is 4.83. The zero-order chi connectivity index (χ0) is 17.0. The van der Waals surface area contributed by atoms with E-state index < -0.39 is 5.82 Å². The minimum atomic E-state index is -0.416. The summed E-state index contributed by atoms with van der Waals surface area (Å²) in [6.45, 7) is 0.868. The van der Waals surface area contributed by atoms with Crippen LogP contribution in [-0.2, 0) is 13.0 Å². The van der Waals surface area contributed by atoms with Gasteiger partial charge in [0.05, 0.1) is 20.7 Å². The lowest BCUT2D eigenvalue weighted by Crippen LogP contribution is -1.95. The predicted octanol–water partition coefficient (Wildman–Crippen LogP) is 5.57. The highest BCUT2D eigenvalue weighted by atomic mass is 35.5. The SMILES string of the molecule is Fc1c(Cl)cccc1-c1nn2c(c1-c1ccc3ncsc3c1)CCC2. The molecule has 0 unspecified atom stereocenters. The first-order valence-electron chi connectivity index (χ1n) is 8.10. The number of thiazole rings is 1. The maximum absolute atomic E-state index is 14.7. The van der Waals surface area contributed by atoms with Gasteiger partial charge in [0.15, 0.2) is 5.82 Å². The quantitative estimate of drug-likeness (QED) is 0.462. The molecule has 0 saturated carbocycles. The molecule has 0 aliphatic carbocycles. The molecule has 6 heteroatoms. The normalized spacial score (nSPS) is 13.5. The van der Waals surface area contributed by atoms with E-state index in [1.54, 1.807) is 29.5 Å². The van der Waals surface area contributed by atoms with Crippen LogP contribution in [0.15, 0.2) is 41.9 Å². The second kappa shape index (κ2) is 5.64. The Hall–Kier alpha value is -2.24. The van der Waals surface area contributed by atoms with Crippen LogP contribution in [0.5, 0.6) is 0 Å². The number of benzene rings is 2. The molecule has 0 N–H and O–H groups in total. The number of halogens is 2. The average molecular weight is 370 g/mol. The van der Waals surface area contributed by atoms with Gasteiger partial charge >= 0.3 is 0 Å². The highest BCUT2D eigenvalue weighted by Crippen LogP contribution is 2.40. The molecular formula is C19H13ClFN3S. The van der Waals surface area contributed by atoms with E-state index in [-0.39, 0.29) is 5.02 Å². The van der Waals surface area contributed by atoms with Crippen molar-refractivity contribution in [3.8, 4) is 22.4 Å². The van der Waals surface area contributed by atoms with Crippen LogP contribution < -0.4 is 0 Å². The molecule has 2 aromatic heterocycles. The molecule has 0 radical (unpaired) electrons. The Balaban J connectivity index is 1.79. The maximum Gasteiger partial charge on any atom is 0.151 e. The Bertz CT molecular complexity index is 1120. The number of nitrogens with zero attached hydrogens (tertiary/aromatic N) is 3. The lowest BCUT2D eigenvalue weighted by atomic mass is 9.97. The van der Waals surface area contributed by atoms with Crippen molar-refractivity contribution in [2.45, 2.75) is 19.4 Å². The Morgan fingerprint density at radius 2 is 2.12 bits per heavy atom. The predicted molar refractivity (Wildman–Crippen MR) is 99.6 cm³/mol. The van der Waals surface area contributed by atoms with Crippen molar-refractivity contribution in [2.24, 2.45) is 0 Å². The summed E-state index contributed by atoms with van der Waals surface area (Å²) in [5.41, 5.74) is 7.16. The molecule has 124 valence electrons. The molecule has 1 aliphatic heterocycles. The van der Waals surface area contributed by atoms with Crippen molar-refractivity contribution in [2.75, 3.05) is 0 Å². The summed E-state index contributed by atoms with van der Waals surface area (Å²) in [7, 11) is 0. The van der Waals surface area contributed by atoms with Gasteiger partial charge in [-0.05, 0) is 42.7 Å². The van der Waals surface area contributed by atoms with Gasteiger partial charge in [-0.2, -0.15) is 5.10 Å². The number of aryl methyl sites for hydroxylation is 1. The molecule has 4 aromatic rings. The minimum Gasteiger partial charge on any atom is -0.268 e. The molecule has 25 heavy (non-hydrogen) atoms. The highest BCUT2D eigenvalue weighted by molar-refractivity contribution is 7.16. The summed E-state index contributed by atoms with van der Waals surface area (Å²) in [4.78, 5) is 4.34. The molecule has 1 aliphatic rings. The smallest absolute Gasteiger partial charge is 0.151 e. The van der Waals surface area contributed by atoms with Crippen molar-refractivity contribution >= 4 is 33.2 Å². The topological polar surface area (TPSA) is 30.7 Å². The van der Waals surface area contributed by atoms with Crippen molar-refractivity contribution < 1.29 is 4.39 Å². The highest BCUT2D eigenvalue weighted by Gasteiger charge is 2.26. The number of fused-ring (bicyclic) bond motifs is 2. The third kappa shape index (κ3) is 2.30. The van der Waals surface area contributed by atoms with Gasteiger partial charge in [0, 0.05) is 23.4 Å². The van der Waals surface area contributed by atoms with E-state index in [0.29, 0.717) is 11.3 Å². The number of hydrogen-bond acceptors (Lipinski definition) is 3. The Morgan fingerprint density at radius 3 is 3.04 bits per heavy atom. The molecule has 3 nitrogen and oxygen atoms in total. The van der Waals surface area contributed by atoms with E-state index >= 15 is 0 Å². The van der Waals surface area contributed by atoms with Gasteiger partial charge < -0.3 is 0 Å². The first kappa shape index (κ1) is 15.0. The average Bonchev–Trinajstić information content (AvgIpc) is 3.31. The lowest BCUT2D eigenvalue weighted by Gasteiger charge is -2.07. The van der Waals surface area contributed by atoms with Crippen LogP contribution in [0.1, 0.15) is 12.1 Å². The van der Waals surface area contributed by atoms with Gasteiger partial charge in [-0.1, -0.05) is 23.7 Å². The van der Waals surface area contributed by atoms with Gasteiger partial charge in [-0.3, -0.25) is 4.68 Å². The number of aromatic nitrogens is 3. The van der Waals surface area contributed by atoms with E-state index in [1.807, 2.05) is 22.3 Å². The van der Waals surface area contributed by atoms with E-state index in [0.717, 1.165) is 40.7 Å². The van der Waals surface area contributed by atoms with Crippen molar-refractivity contribution in [3.05, 3.63) is 58.4 Å². The van der Waals surface area contributed by atoms with E-state index in [2.05, 4.69) is 11.1 Å². The largest absolute Gasteiger partial charge is 0.268 e. The first-order valence-corrected chi connectivity index (χ1v) is 9.36. The van der Waals surface area contributed by atoms with Crippen LogP contribution in [0.25, 0.3) is 32.6 Å². The Labute approximate surface area is 152 Å². The van der Waals surface area contributed by atoms with Crippen LogP contribution in [0.3, 0.4) is 0 Å². The van der Waals surface area contributed by atoms with Gasteiger partial charge in [-0.15, -0.1) is 11.3 Å². The lowest BCUT2D eigenvalue weighted by molar-refractivity contribution is 0.627. The number of rotatable bonds is 2. The zero-order valence-electron chi connectivity index (χ0n) is 13.2. The fourth-order valence-electron chi connectivity index (χ4n) is 3.52.